The Morgan fingerprint density at radius 2 is 1.56 bits per heavy atom. The number of morpholine rings is 1. The third kappa shape index (κ3) is 8.68. The lowest BCUT2D eigenvalue weighted by Gasteiger charge is -2.43. The zero-order chi connectivity index (χ0) is 39.2. The number of halogens is 2. The molecule has 3 aromatic rings. The van der Waals surface area contributed by atoms with Crippen LogP contribution < -0.4 is 19.6 Å². The van der Waals surface area contributed by atoms with Crippen molar-refractivity contribution in [3.63, 3.8) is 0 Å². The van der Waals surface area contributed by atoms with Gasteiger partial charge in [0, 0.05) is 30.6 Å². The van der Waals surface area contributed by atoms with Crippen molar-refractivity contribution in [1.82, 2.24) is 20.2 Å². The van der Waals surface area contributed by atoms with E-state index in [2.05, 4.69) is 10.3 Å². The highest BCUT2D eigenvalue weighted by atomic mass is 35.5. The maximum Gasteiger partial charge on any atom is 0.336 e. The topological polar surface area (TPSA) is 119 Å². The number of hydrogen-bond donors (Lipinski definition) is 1. The predicted molar refractivity (Wildman–Crippen MR) is 209 cm³/mol. The van der Waals surface area contributed by atoms with E-state index < -0.39 is 17.5 Å². The summed E-state index contributed by atoms with van der Waals surface area (Å²) in [7, 11) is 4.59. The predicted octanol–water partition coefficient (Wildman–Crippen LogP) is 5.52. The second-order valence-corrected chi connectivity index (χ2v) is 15.2. The van der Waals surface area contributed by atoms with Gasteiger partial charge in [-0.15, -0.1) is 0 Å². The maximum atomic E-state index is 14.3. The fourth-order valence-electron chi connectivity index (χ4n) is 8.16. The maximum absolute atomic E-state index is 14.3. The molecule has 1 N–H and O–H groups in total. The molecule has 0 radical (unpaired) electrons. The van der Waals surface area contributed by atoms with Gasteiger partial charge >= 0.3 is 5.97 Å². The van der Waals surface area contributed by atoms with E-state index in [1.54, 1.807) is 24.1 Å². The highest BCUT2D eigenvalue weighted by Crippen LogP contribution is 2.43. The first-order chi connectivity index (χ1) is 26.6. The number of likely N-dealkylation sites (tertiary alicyclic amines) is 2. The summed E-state index contributed by atoms with van der Waals surface area (Å²) >= 11 is 13.0. The van der Waals surface area contributed by atoms with Gasteiger partial charge in [-0.05, 0) is 87.6 Å². The molecule has 3 aliphatic heterocycles. The van der Waals surface area contributed by atoms with Crippen LogP contribution in [0.4, 0.5) is 0 Å². The zero-order valence-corrected chi connectivity index (χ0v) is 33.4. The number of rotatable bonds is 13. The monoisotopic (exact) mass is 796 g/mol. The Balaban J connectivity index is 1.18. The minimum absolute atomic E-state index is 0.0909. The van der Waals surface area contributed by atoms with Crippen molar-refractivity contribution < 1.29 is 38.1 Å². The molecule has 0 aliphatic carbocycles. The van der Waals surface area contributed by atoms with E-state index in [0.29, 0.717) is 85.0 Å². The number of piperidine rings is 1. The van der Waals surface area contributed by atoms with E-state index >= 15 is 0 Å². The Morgan fingerprint density at radius 3 is 2.20 bits per heavy atom. The van der Waals surface area contributed by atoms with Crippen molar-refractivity contribution in [2.75, 3.05) is 80.4 Å². The van der Waals surface area contributed by atoms with Gasteiger partial charge in [-0.3, -0.25) is 15.0 Å². The minimum atomic E-state index is -0.756. The standard InChI is InChI=1S/C41H50Cl2N4O8/c1-5-54-38(49)35-26-47(21-22-55-35)44-39(50)41(29-9-7-6-8-10-29)15-18-45(19-16-41)17-13-40(30-11-12-31(42)32(43)25-30)14-20-46(27-40)37(48)28-23-33(51-2)36(53-4)34(24-28)52-3/h6-12,23-25,35H,5,13-22,26-27H2,1-4H3,(H,44,50)/t35-,40+/m1/s1. The third-order valence-electron chi connectivity index (χ3n) is 11.3. The number of hydrazine groups is 1. The number of benzene rings is 3. The van der Waals surface area contributed by atoms with Gasteiger partial charge in [-0.25, -0.2) is 9.80 Å². The summed E-state index contributed by atoms with van der Waals surface area (Å²) in [5.41, 5.74) is 4.43. The first kappa shape index (κ1) is 40.6. The molecule has 55 heavy (non-hydrogen) atoms. The molecule has 0 unspecified atom stereocenters. The summed E-state index contributed by atoms with van der Waals surface area (Å²) in [6.45, 7) is 6.19. The molecule has 0 spiro atoms. The van der Waals surface area contributed by atoms with Crippen molar-refractivity contribution in [3.05, 3.63) is 87.4 Å². The average Bonchev–Trinajstić information content (AvgIpc) is 3.66. The normalized spacial score (nSPS) is 21.5. The van der Waals surface area contributed by atoms with Gasteiger partial charge in [0.1, 0.15) is 0 Å². The molecule has 2 atom stereocenters. The Morgan fingerprint density at radius 1 is 0.855 bits per heavy atom. The van der Waals surface area contributed by atoms with Crippen molar-refractivity contribution in [3.8, 4) is 17.2 Å². The van der Waals surface area contributed by atoms with Gasteiger partial charge in [-0.1, -0.05) is 59.6 Å². The number of carbonyl (C=O) groups excluding carboxylic acids is 3. The third-order valence-corrected chi connectivity index (χ3v) is 12.1. The molecule has 3 aromatic carbocycles. The molecule has 3 fully saturated rings. The number of carbonyl (C=O) groups is 3. The number of esters is 1. The van der Waals surface area contributed by atoms with Crippen molar-refractivity contribution in [2.45, 2.75) is 49.5 Å². The summed E-state index contributed by atoms with van der Waals surface area (Å²) < 4.78 is 27.3. The molecule has 12 nitrogen and oxygen atoms in total. The molecule has 6 rings (SSSR count). The zero-order valence-electron chi connectivity index (χ0n) is 31.9. The lowest BCUT2D eigenvalue weighted by Crippen LogP contribution is -2.59. The van der Waals surface area contributed by atoms with Crippen LogP contribution in [0.1, 0.15) is 54.1 Å². The molecule has 2 amide bonds. The number of methoxy groups -OCH3 is 3. The molecule has 14 heteroatoms. The highest BCUT2D eigenvalue weighted by Gasteiger charge is 2.46. The molecule has 0 bridgehead atoms. The lowest BCUT2D eigenvalue weighted by atomic mass is 9.71. The van der Waals surface area contributed by atoms with Crippen LogP contribution in [0.2, 0.25) is 10.0 Å². The van der Waals surface area contributed by atoms with Crippen molar-refractivity contribution in [2.24, 2.45) is 0 Å². The van der Waals surface area contributed by atoms with Gasteiger partial charge in [0.2, 0.25) is 11.7 Å². The van der Waals surface area contributed by atoms with Gasteiger partial charge in [0.05, 0.1) is 56.5 Å². The van der Waals surface area contributed by atoms with Crippen LogP contribution in [-0.2, 0) is 29.9 Å². The lowest BCUT2D eigenvalue weighted by molar-refractivity contribution is -0.165. The molecule has 296 valence electrons. The quantitative estimate of drug-likeness (QED) is 0.222. The van der Waals surface area contributed by atoms with Crippen molar-refractivity contribution >= 4 is 41.0 Å². The second-order valence-electron chi connectivity index (χ2n) is 14.3. The van der Waals surface area contributed by atoms with Crippen LogP contribution in [-0.4, -0.2) is 119 Å². The fourth-order valence-corrected chi connectivity index (χ4v) is 8.45. The SMILES string of the molecule is CCOC(=O)[C@H]1CN(NC(=O)C2(c3ccccc3)CCN(CC[C@]3(c4ccc(Cl)c(Cl)c4)CCN(C(=O)c4cc(OC)c(OC)c(OC)c4)C3)CC2)CCO1. The fraction of sp³-hybridized carbons (Fsp3) is 0.488. The molecular weight excluding hydrogens is 747 g/mol. The Kier molecular flexibility index (Phi) is 13.1. The molecular formula is C41H50Cl2N4O8. The molecule has 0 saturated carbocycles. The summed E-state index contributed by atoms with van der Waals surface area (Å²) in [5, 5.41) is 2.72. The van der Waals surface area contributed by atoms with E-state index in [-0.39, 0.29) is 30.4 Å². The van der Waals surface area contributed by atoms with E-state index in [1.165, 1.54) is 21.3 Å². The summed E-state index contributed by atoms with van der Waals surface area (Å²) in [6, 6.07) is 19.1. The van der Waals surface area contributed by atoms with Gasteiger partial charge in [-0.2, -0.15) is 0 Å². The van der Waals surface area contributed by atoms with E-state index in [4.69, 9.17) is 46.9 Å². The summed E-state index contributed by atoms with van der Waals surface area (Å²) in [6.07, 6.45) is 1.96. The largest absolute Gasteiger partial charge is 0.493 e. The van der Waals surface area contributed by atoms with Crippen LogP contribution in [0.5, 0.6) is 17.2 Å². The Bertz CT molecular complexity index is 1810. The first-order valence-electron chi connectivity index (χ1n) is 18.7. The smallest absolute Gasteiger partial charge is 0.336 e. The Hall–Kier alpha value is -4.07. The number of hydrogen-bond acceptors (Lipinski definition) is 10. The van der Waals surface area contributed by atoms with Gasteiger partial charge in [0.15, 0.2) is 17.6 Å². The number of nitrogens with zero attached hydrogens (tertiary/aromatic N) is 3. The first-order valence-corrected chi connectivity index (χ1v) is 19.5. The van der Waals surface area contributed by atoms with E-state index in [0.717, 1.165) is 30.5 Å². The molecule has 0 aromatic heterocycles. The van der Waals surface area contributed by atoms with Gasteiger partial charge < -0.3 is 33.5 Å². The number of amides is 2. The van der Waals surface area contributed by atoms with E-state index in [9.17, 15) is 14.4 Å². The van der Waals surface area contributed by atoms with E-state index in [1.807, 2.05) is 53.4 Å². The average molecular weight is 798 g/mol. The van der Waals surface area contributed by atoms with Crippen LogP contribution in [0.25, 0.3) is 0 Å². The summed E-state index contributed by atoms with van der Waals surface area (Å²) in [4.78, 5) is 45.0. The van der Waals surface area contributed by atoms with Crippen LogP contribution in [0, 0.1) is 0 Å². The molecule has 3 heterocycles. The number of ether oxygens (including phenoxy) is 5. The summed E-state index contributed by atoms with van der Waals surface area (Å²) in [5.74, 6) is 0.598. The molecule has 3 aliphatic rings. The number of nitrogens with one attached hydrogen (secondary N) is 1. The second kappa shape index (κ2) is 17.8. The Labute approximate surface area is 332 Å². The van der Waals surface area contributed by atoms with Crippen molar-refractivity contribution in [1.29, 1.82) is 0 Å². The van der Waals surface area contributed by atoms with Crippen LogP contribution >= 0.6 is 23.2 Å². The van der Waals surface area contributed by atoms with Gasteiger partial charge in [0.25, 0.3) is 5.91 Å². The van der Waals surface area contributed by atoms with Crippen LogP contribution in [0.15, 0.2) is 60.7 Å². The van der Waals surface area contributed by atoms with Crippen LogP contribution in [0.3, 0.4) is 0 Å². The highest BCUT2D eigenvalue weighted by molar-refractivity contribution is 6.42. The molecule has 3 saturated heterocycles. The minimum Gasteiger partial charge on any atom is -0.493 e.